The van der Waals surface area contributed by atoms with E-state index in [2.05, 4.69) is 10.6 Å². The molecule has 1 fully saturated rings. The zero-order valence-electron chi connectivity index (χ0n) is 10.6. The summed E-state index contributed by atoms with van der Waals surface area (Å²) in [5.41, 5.74) is 1.16. The van der Waals surface area contributed by atoms with Gasteiger partial charge in [0.05, 0.1) is 0 Å². The molecule has 0 bridgehead atoms. The Kier molecular flexibility index (Phi) is 4.80. The first-order chi connectivity index (χ1) is 9.15. The van der Waals surface area contributed by atoms with Crippen molar-refractivity contribution >= 4 is 23.4 Å². The van der Waals surface area contributed by atoms with E-state index in [-0.39, 0.29) is 17.9 Å². The third-order valence-corrected chi connectivity index (χ3v) is 3.38. The summed E-state index contributed by atoms with van der Waals surface area (Å²) in [6.07, 6.45) is 2.77. The van der Waals surface area contributed by atoms with Crippen molar-refractivity contribution < 1.29 is 9.59 Å². The average molecular weight is 281 g/mol. The standard InChI is InChI=1S/C14H17ClN2O2/c15-11-5-1-3-10(9-11)4-2-8-16-14(19)12-6-7-13(18)17-12/h1,3,5,9,12H,2,4,6-8H2,(H,16,19)(H,17,18). The molecular formula is C14H17ClN2O2. The van der Waals surface area contributed by atoms with Crippen LogP contribution >= 0.6 is 11.6 Å². The van der Waals surface area contributed by atoms with Gasteiger partial charge in [0.1, 0.15) is 6.04 Å². The molecule has 0 aliphatic carbocycles. The van der Waals surface area contributed by atoms with Gasteiger partial charge >= 0.3 is 0 Å². The van der Waals surface area contributed by atoms with Gasteiger partial charge in [-0.25, -0.2) is 0 Å². The smallest absolute Gasteiger partial charge is 0.242 e. The molecule has 0 saturated carbocycles. The number of rotatable bonds is 5. The zero-order chi connectivity index (χ0) is 13.7. The van der Waals surface area contributed by atoms with E-state index in [1.807, 2.05) is 24.3 Å². The molecule has 1 aliphatic heterocycles. The lowest BCUT2D eigenvalue weighted by Gasteiger charge is -2.10. The molecule has 4 nitrogen and oxygen atoms in total. The predicted octanol–water partition coefficient (Wildman–Crippen LogP) is 1.67. The summed E-state index contributed by atoms with van der Waals surface area (Å²) in [4.78, 5) is 22.7. The molecule has 2 rings (SSSR count). The number of carbonyl (C=O) groups is 2. The van der Waals surface area contributed by atoms with Crippen LogP contribution in [0.4, 0.5) is 0 Å². The van der Waals surface area contributed by atoms with Gasteiger partial charge < -0.3 is 10.6 Å². The van der Waals surface area contributed by atoms with Gasteiger partial charge in [-0.2, -0.15) is 0 Å². The number of aryl methyl sites for hydroxylation is 1. The molecule has 1 saturated heterocycles. The van der Waals surface area contributed by atoms with E-state index in [1.54, 1.807) is 0 Å². The van der Waals surface area contributed by atoms with Crippen molar-refractivity contribution in [1.29, 1.82) is 0 Å². The number of amides is 2. The topological polar surface area (TPSA) is 58.2 Å². The summed E-state index contributed by atoms with van der Waals surface area (Å²) in [5.74, 6) is -0.129. The van der Waals surface area contributed by atoms with Crippen molar-refractivity contribution in [1.82, 2.24) is 10.6 Å². The summed E-state index contributed by atoms with van der Waals surface area (Å²) < 4.78 is 0. The zero-order valence-corrected chi connectivity index (χ0v) is 11.4. The molecule has 1 aromatic carbocycles. The molecule has 0 spiro atoms. The molecule has 1 atom stereocenters. The van der Waals surface area contributed by atoms with Crippen molar-refractivity contribution in [2.45, 2.75) is 31.7 Å². The molecular weight excluding hydrogens is 264 g/mol. The Morgan fingerprint density at radius 1 is 1.47 bits per heavy atom. The van der Waals surface area contributed by atoms with Crippen molar-refractivity contribution in [2.24, 2.45) is 0 Å². The highest BCUT2D eigenvalue weighted by Gasteiger charge is 2.26. The minimum absolute atomic E-state index is 0.0425. The molecule has 1 aromatic rings. The van der Waals surface area contributed by atoms with Gasteiger partial charge in [-0.05, 0) is 37.0 Å². The Labute approximate surface area is 117 Å². The first kappa shape index (κ1) is 13.9. The van der Waals surface area contributed by atoms with Crippen LogP contribution < -0.4 is 10.6 Å². The van der Waals surface area contributed by atoms with E-state index in [9.17, 15) is 9.59 Å². The molecule has 0 radical (unpaired) electrons. The predicted molar refractivity (Wildman–Crippen MR) is 73.9 cm³/mol. The van der Waals surface area contributed by atoms with Crippen molar-refractivity contribution in [3.63, 3.8) is 0 Å². The molecule has 5 heteroatoms. The maximum atomic E-state index is 11.7. The maximum absolute atomic E-state index is 11.7. The Morgan fingerprint density at radius 2 is 2.32 bits per heavy atom. The van der Waals surface area contributed by atoms with Gasteiger partial charge in [-0.15, -0.1) is 0 Å². The number of benzene rings is 1. The second kappa shape index (κ2) is 6.57. The summed E-state index contributed by atoms with van der Waals surface area (Å²) >= 11 is 5.90. The van der Waals surface area contributed by atoms with Crippen LogP contribution in [-0.2, 0) is 16.0 Å². The summed E-state index contributed by atoms with van der Waals surface area (Å²) in [7, 11) is 0. The molecule has 1 heterocycles. The third kappa shape index (κ3) is 4.24. The van der Waals surface area contributed by atoms with E-state index in [0.717, 1.165) is 23.4 Å². The molecule has 19 heavy (non-hydrogen) atoms. The van der Waals surface area contributed by atoms with Gasteiger partial charge in [0.25, 0.3) is 0 Å². The fourth-order valence-electron chi connectivity index (χ4n) is 2.13. The maximum Gasteiger partial charge on any atom is 0.242 e. The largest absolute Gasteiger partial charge is 0.354 e. The van der Waals surface area contributed by atoms with E-state index in [4.69, 9.17) is 11.6 Å². The molecule has 2 amide bonds. The lowest BCUT2D eigenvalue weighted by molar-refractivity contribution is -0.125. The second-order valence-electron chi connectivity index (χ2n) is 4.68. The molecule has 0 aromatic heterocycles. The van der Waals surface area contributed by atoms with E-state index in [0.29, 0.717) is 19.4 Å². The Hall–Kier alpha value is -1.55. The molecule has 102 valence electrons. The fourth-order valence-corrected chi connectivity index (χ4v) is 2.34. The van der Waals surface area contributed by atoms with Crippen molar-refractivity contribution in [3.05, 3.63) is 34.9 Å². The van der Waals surface area contributed by atoms with Gasteiger partial charge in [-0.1, -0.05) is 23.7 Å². The number of nitrogens with one attached hydrogen (secondary N) is 2. The second-order valence-corrected chi connectivity index (χ2v) is 5.12. The van der Waals surface area contributed by atoms with Crippen molar-refractivity contribution in [2.75, 3.05) is 6.54 Å². The summed E-state index contributed by atoms with van der Waals surface area (Å²) in [5, 5.41) is 6.23. The van der Waals surface area contributed by atoms with Crippen LogP contribution in [0.15, 0.2) is 24.3 Å². The number of carbonyl (C=O) groups excluding carboxylic acids is 2. The molecule has 2 N–H and O–H groups in total. The van der Waals surface area contributed by atoms with Crippen LogP contribution in [0.1, 0.15) is 24.8 Å². The van der Waals surface area contributed by atoms with Crippen LogP contribution in [0.25, 0.3) is 0 Å². The quantitative estimate of drug-likeness (QED) is 0.806. The molecule has 1 aliphatic rings. The Balaban J connectivity index is 1.66. The number of hydrogen-bond donors (Lipinski definition) is 2. The van der Waals surface area contributed by atoms with E-state index in [1.165, 1.54) is 0 Å². The third-order valence-electron chi connectivity index (χ3n) is 3.14. The van der Waals surface area contributed by atoms with Gasteiger partial charge in [0.2, 0.25) is 11.8 Å². The highest BCUT2D eigenvalue weighted by molar-refractivity contribution is 6.30. The van der Waals surface area contributed by atoms with Crippen LogP contribution in [0.5, 0.6) is 0 Å². The highest BCUT2D eigenvalue weighted by Crippen LogP contribution is 2.12. The average Bonchev–Trinajstić information content (AvgIpc) is 2.81. The first-order valence-electron chi connectivity index (χ1n) is 6.46. The summed E-state index contributed by atoms with van der Waals surface area (Å²) in [6.45, 7) is 0.609. The first-order valence-corrected chi connectivity index (χ1v) is 6.84. The highest BCUT2D eigenvalue weighted by atomic mass is 35.5. The van der Waals surface area contributed by atoms with Crippen LogP contribution in [0, 0.1) is 0 Å². The van der Waals surface area contributed by atoms with Gasteiger partial charge in [-0.3, -0.25) is 9.59 Å². The van der Waals surface area contributed by atoms with Crippen LogP contribution in [0.2, 0.25) is 5.02 Å². The monoisotopic (exact) mass is 280 g/mol. The van der Waals surface area contributed by atoms with Crippen molar-refractivity contribution in [3.8, 4) is 0 Å². The number of hydrogen-bond acceptors (Lipinski definition) is 2. The minimum Gasteiger partial charge on any atom is -0.354 e. The lowest BCUT2D eigenvalue weighted by Crippen LogP contribution is -2.41. The van der Waals surface area contributed by atoms with Crippen LogP contribution in [0.3, 0.4) is 0 Å². The lowest BCUT2D eigenvalue weighted by atomic mass is 10.1. The molecule has 1 unspecified atom stereocenters. The van der Waals surface area contributed by atoms with Gasteiger partial charge in [0, 0.05) is 18.0 Å². The fraction of sp³-hybridized carbons (Fsp3) is 0.429. The Morgan fingerprint density at radius 3 is 3.00 bits per heavy atom. The number of halogens is 1. The summed E-state index contributed by atoms with van der Waals surface area (Å²) in [6, 6.07) is 7.37. The van der Waals surface area contributed by atoms with Gasteiger partial charge in [0.15, 0.2) is 0 Å². The van der Waals surface area contributed by atoms with E-state index >= 15 is 0 Å². The van der Waals surface area contributed by atoms with E-state index < -0.39 is 0 Å². The normalized spacial score (nSPS) is 18.2. The Bertz CT molecular complexity index is 476. The van der Waals surface area contributed by atoms with Crippen LogP contribution in [-0.4, -0.2) is 24.4 Å². The SMILES string of the molecule is O=C1CCC(C(=O)NCCCc2cccc(Cl)c2)N1. The minimum atomic E-state index is -0.348.